The first kappa shape index (κ1) is 13.3. The zero-order valence-electron chi connectivity index (χ0n) is 10.9. The minimum atomic E-state index is 0.741. The van der Waals surface area contributed by atoms with Crippen LogP contribution in [0, 0.1) is 5.92 Å². The highest BCUT2D eigenvalue weighted by Gasteiger charge is 2.17. The molecule has 0 aromatic carbocycles. The van der Waals surface area contributed by atoms with Gasteiger partial charge in [0.1, 0.15) is 0 Å². The van der Waals surface area contributed by atoms with Crippen molar-refractivity contribution in [1.82, 2.24) is 9.80 Å². The van der Waals surface area contributed by atoms with E-state index in [0.29, 0.717) is 0 Å². The van der Waals surface area contributed by atoms with Gasteiger partial charge in [0.25, 0.3) is 0 Å². The van der Waals surface area contributed by atoms with Crippen molar-refractivity contribution in [2.24, 2.45) is 16.6 Å². The van der Waals surface area contributed by atoms with Crippen molar-refractivity contribution < 1.29 is 0 Å². The molecule has 2 N–H and O–H groups in total. The van der Waals surface area contributed by atoms with Gasteiger partial charge in [0.15, 0.2) is 5.96 Å². The van der Waals surface area contributed by atoms with Crippen molar-refractivity contribution in [3.8, 4) is 0 Å². The average molecular weight is 226 g/mol. The van der Waals surface area contributed by atoms with Gasteiger partial charge in [0.05, 0.1) is 0 Å². The molecule has 0 spiro atoms. The topological polar surface area (TPSA) is 44.9 Å². The van der Waals surface area contributed by atoms with Crippen LogP contribution in [-0.2, 0) is 0 Å². The van der Waals surface area contributed by atoms with E-state index in [9.17, 15) is 0 Å². The summed E-state index contributed by atoms with van der Waals surface area (Å²) in [5, 5.41) is 0. The molecule has 0 aromatic heterocycles. The summed E-state index contributed by atoms with van der Waals surface area (Å²) in [5.74, 6) is 1.49. The van der Waals surface area contributed by atoms with E-state index in [0.717, 1.165) is 44.5 Å². The van der Waals surface area contributed by atoms with E-state index in [-0.39, 0.29) is 0 Å². The number of aliphatic imine (C=N–C) groups is 1. The minimum Gasteiger partial charge on any atom is -0.370 e. The molecule has 1 unspecified atom stereocenters. The molecule has 1 aliphatic heterocycles. The van der Waals surface area contributed by atoms with Gasteiger partial charge in [-0.25, -0.2) is 0 Å². The van der Waals surface area contributed by atoms with Crippen molar-refractivity contribution in [3.05, 3.63) is 0 Å². The fraction of sp³-hybridized carbons (Fsp3) is 0.917. The summed E-state index contributed by atoms with van der Waals surface area (Å²) in [5.41, 5.74) is 5.99. The van der Waals surface area contributed by atoms with Crippen molar-refractivity contribution in [2.75, 3.05) is 40.3 Å². The lowest BCUT2D eigenvalue weighted by Crippen LogP contribution is -2.43. The predicted molar refractivity (Wildman–Crippen MR) is 69.6 cm³/mol. The summed E-state index contributed by atoms with van der Waals surface area (Å²) in [4.78, 5) is 8.85. The Kier molecular flexibility index (Phi) is 5.60. The molecule has 1 saturated heterocycles. The lowest BCUT2D eigenvalue weighted by atomic mass is 10.0. The number of nitrogens with two attached hydrogens (primary N) is 1. The molecule has 0 amide bonds. The van der Waals surface area contributed by atoms with Gasteiger partial charge in [-0.05, 0) is 45.8 Å². The number of piperidine rings is 1. The van der Waals surface area contributed by atoms with Gasteiger partial charge in [0.2, 0.25) is 0 Å². The maximum atomic E-state index is 5.99. The Morgan fingerprint density at radius 3 is 2.88 bits per heavy atom. The lowest BCUT2D eigenvalue weighted by Gasteiger charge is -2.31. The highest BCUT2D eigenvalue weighted by Crippen LogP contribution is 2.14. The fourth-order valence-electron chi connectivity index (χ4n) is 2.08. The van der Waals surface area contributed by atoms with Crippen LogP contribution < -0.4 is 5.73 Å². The van der Waals surface area contributed by atoms with Crippen LogP contribution in [-0.4, -0.2) is 56.0 Å². The minimum absolute atomic E-state index is 0.741. The Morgan fingerprint density at radius 2 is 2.25 bits per heavy atom. The van der Waals surface area contributed by atoms with Crippen molar-refractivity contribution in [2.45, 2.75) is 26.2 Å². The van der Waals surface area contributed by atoms with Gasteiger partial charge in [-0.3, -0.25) is 4.99 Å². The molecular weight excluding hydrogens is 200 g/mol. The number of guanidine groups is 1. The third-order valence-corrected chi connectivity index (χ3v) is 3.02. The standard InChI is InChI=1S/C12H26N4/c1-11-6-4-9-16(10-11)12(13)14-7-5-8-15(2)3/h11H,4-10H2,1-3H3,(H2,13,14). The molecule has 0 aromatic rings. The first-order valence-corrected chi connectivity index (χ1v) is 6.29. The Morgan fingerprint density at radius 1 is 1.50 bits per heavy atom. The van der Waals surface area contributed by atoms with E-state index in [1.54, 1.807) is 0 Å². The zero-order valence-corrected chi connectivity index (χ0v) is 10.9. The molecular formula is C12H26N4. The molecule has 4 heteroatoms. The van der Waals surface area contributed by atoms with Crippen LogP contribution >= 0.6 is 0 Å². The summed E-state index contributed by atoms with van der Waals surface area (Å²) in [6.07, 6.45) is 3.65. The summed E-state index contributed by atoms with van der Waals surface area (Å²) in [6, 6.07) is 0. The smallest absolute Gasteiger partial charge is 0.191 e. The third kappa shape index (κ3) is 4.84. The van der Waals surface area contributed by atoms with Crippen molar-refractivity contribution in [1.29, 1.82) is 0 Å². The van der Waals surface area contributed by atoms with E-state index in [4.69, 9.17) is 5.73 Å². The number of hydrogen-bond donors (Lipinski definition) is 1. The van der Waals surface area contributed by atoms with Crippen LogP contribution in [0.4, 0.5) is 0 Å². The molecule has 16 heavy (non-hydrogen) atoms. The summed E-state index contributed by atoms with van der Waals surface area (Å²) in [7, 11) is 4.17. The summed E-state index contributed by atoms with van der Waals surface area (Å²) >= 11 is 0. The third-order valence-electron chi connectivity index (χ3n) is 3.02. The van der Waals surface area contributed by atoms with Crippen molar-refractivity contribution >= 4 is 5.96 Å². The number of hydrogen-bond acceptors (Lipinski definition) is 2. The van der Waals surface area contributed by atoms with Gasteiger partial charge in [0, 0.05) is 19.6 Å². The Labute approximate surface area is 99.5 Å². The number of likely N-dealkylation sites (tertiary alicyclic amines) is 1. The quantitative estimate of drug-likeness (QED) is 0.441. The number of nitrogens with zero attached hydrogens (tertiary/aromatic N) is 3. The highest BCUT2D eigenvalue weighted by atomic mass is 15.3. The highest BCUT2D eigenvalue weighted by molar-refractivity contribution is 5.78. The zero-order chi connectivity index (χ0) is 12.0. The first-order valence-electron chi connectivity index (χ1n) is 6.29. The van der Waals surface area contributed by atoms with Crippen LogP contribution in [0.25, 0.3) is 0 Å². The molecule has 1 atom stereocenters. The van der Waals surface area contributed by atoms with Gasteiger partial charge >= 0.3 is 0 Å². The monoisotopic (exact) mass is 226 g/mol. The van der Waals surface area contributed by atoms with Gasteiger partial charge in [-0.15, -0.1) is 0 Å². The summed E-state index contributed by atoms with van der Waals surface area (Å²) in [6.45, 7) is 6.35. The Balaban J connectivity index is 2.26. The van der Waals surface area contributed by atoms with Crippen molar-refractivity contribution in [3.63, 3.8) is 0 Å². The van der Waals surface area contributed by atoms with Gasteiger partial charge in [-0.2, -0.15) is 0 Å². The molecule has 1 fully saturated rings. The van der Waals surface area contributed by atoms with Crippen LogP contribution in [0.2, 0.25) is 0 Å². The second-order valence-corrected chi connectivity index (χ2v) is 5.09. The van der Waals surface area contributed by atoms with Crippen LogP contribution in [0.5, 0.6) is 0 Å². The average Bonchev–Trinajstić information content (AvgIpc) is 2.24. The molecule has 0 saturated carbocycles. The number of rotatable bonds is 4. The SMILES string of the molecule is CC1CCCN(C(N)=NCCCN(C)C)C1. The predicted octanol–water partition coefficient (Wildman–Crippen LogP) is 0.985. The molecule has 94 valence electrons. The maximum Gasteiger partial charge on any atom is 0.191 e. The van der Waals surface area contributed by atoms with Gasteiger partial charge in [-0.1, -0.05) is 6.92 Å². The molecule has 1 aliphatic rings. The first-order chi connectivity index (χ1) is 7.59. The molecule has 1 rings (SSSR count). The largest absolute Gasteiger partial charge is 0.370 e. The molecule has 4 nitrogen and oxygen atoms in total. The van der Waals surface area contributed by atoms with E-state index in [1.165, 1.54) is 12.8 Å². The van der Waals surface area contributed by atoms with E-state index in [1.807, 2.05) is 0 Å². The molecule has 0 aliphatic carbocycles. The summed E-state index contributed by atoms with van der Waals surface area (Å²) < 4.78 is 0. The Hall–Kier alpha value is -0.770. The van der Waals surface area contributed by atoms with Gasteiger partial charge < -0.3 is 15.5 Å². The molecule has 1 heterocycles. The van der Waals surface area contributed by atoms with E-state index < -0.39 is 0 Å². The van der Waals surface area contributed by atoms with E-state index >= 15 is 0 Å². The Bertz CT molecular complexity index is 225. The second-order valence-electron chi connectivity index (χ2n) is 5.09. The van der Waals surface area contributed by atoms with Crippen LogP contribution in [0.1, 0.15) is 26.2 Å². The molecule has 0 bridgehead atoms. The van der Waals surface area contributed by atoms with E-state index in [2.05, 4.69) is 35.8 Å². The molecule has 0 radical (unpaired) electrons. The van der Waals surface area contributed by atoms with Crippen LogP contribution in [0.3, 0.4) is 0 Å². The maximum absolute atomic E-state index is 5.99. The normalized spacial score (nSPS) is 22.9. The van der Waals surface area contributed by atoms with Crippen LogP contribution in [0.15, 0.2) is 4.99 Å². The fourth-order valence-corrected chi connectivity index (χ4v) is 2.08. The second kappa shape index (κ2) is 6.74. The lowest BCUT2D eigenvalue weighted by molar-refractivity contribution is 0.270.